The molecule has 0 aliphatic carbocycles. The van der Waals surface area contributed by atoms with Gasteiger partial charge in [0.25, 0.3) is 0 Å². The predicted molar refractivity (Wildman–Crippen MR) is 104 cm³/mol. The fraction of sp³-hybridized carbons (Fsp3) is 0.263. The molecule has 1 fully saturated rings. The van der Waals surface area contributed by atoms with E-state index in [2.05, 4.69) is 21.2 Å². The van der Waals surface area contributed by atoms with Gasteiger partial charge in [-0.05, 0) is 59.1 Å². The van der Waals surface area contributed by atoms with Crippen molar-refractivity contribution in [3.05, 3.63) is 57.0 Å². The number of aryl methyl sites for hydroxylation is 2. The molecule has 1 saturated heterocycles. The van der Waals surface area contributed by atoms with Crippen molar-refractivity contribution in [2.45, 2.75) is 20.3 Å². The number of carbonyl (C=O) groups is 2. The van der Waals surface area contributed by atoms with Crippen molar-refractivity contribution in [3.63, 3.8) is 0 Å². The van der Waals surface area contributed by atoms with E-state index in [4.69, 9.17) is 11.6 Å². The summed E-state index contributed by atoms with van der Waals surface area (Å²) in [6.07, 6.45) is 0.212. The van der Waals surface area contributed by atoms with Crippen LogP contribution in [0.4, 0.5) is 11.4 Å². The molecule has 1 aliphatic rings. The molecule has 1 heterocycles. The highest BCUT2D eigenvalue weighted by atomic mass is 79.9. The first-order valence-electron chi connectivity index (χ1n) is 7.99. The van der Waals surface area contributed by atoms with Crippen molar-refractivity contribution in [3.8, 4) is 0 Å². The van der Waals surface area contributed by atoms with E-state index in [1.165, 1.54) is 0 Å². The van der Waals surface area contributed by atoms with Gasteiger partial charge in [0.1, 0.15) is 0 Å². The van der Waals surface area contributed by atoms with Crippen LogP contribution in [0.1, 0.15) is 17.5 Å². The summed E-state index contributed by atoms with van der Waals surface area (Å²) in [7, 11) is 0. The smallest absolute Gasteiger partial charge is 0.229 e. The Kier molecular flexibility index (Phi) is 5.16. The zero-order valence-electron chi connectivity index (χ0n) is 14.0. The van der Waals surface area contributed by atoms with Gasteiger partial charge in [0, 0.05) is 28.8 Å². The molecule has 1 atom stereocenters. The second-order valence-corrected chi connectivity index (χ2v) is 7.53. The van der Waals surface area contributed by atoms with Crippen LogP contribution < -0.4 is 10.2 Å². The van der Waals surface area contributed by atoms with E-state index < -0.39 is 0 Å². The van der Waals surface area contributed by atoms with E-state index in [-0.39, 0.29) is 24.2 Å². The minimum absolute atomic E-state index is 0.0219. The lowest BCUT2D eigenvalue weighted by Crippen LogP contribution is -2.29. The Hall–Kier alpha value is -1.85. The van der Waals surface area contributed by atoms with Gasteiger partial charge in [-0.1, -0.05) is 29.8 Å². The first-order valence-corrected chi connectivity index (χ1v) is 9.16. The number of para-hydroxylation sites is 1. The van der Waals surface area contributed by atoms with Crippen LogP contribution in [0.25, 0.3) is 0 Å². The van der Waals surface area contributed by atoms with E-state index >= 15 is 0 Å². The molecule has 0 aromatic heterocycles. The van der Waals surface area contributed by atoms with E-state index in [9.17, 15) is 9.59 Å². The highest BCUT2D eigenvalue weighted by Gasteiger charge is 2.36. The summed E-state index contributed by atoms with van der Waals surface area (Å²) in [5.41, 5.74) is 3.61. The van der Waals surface area contributed by atoms with Crippen molar-refractivity contribution < 1.29 is 9.59 Å². The van der Waals surface area contributed by atoms with Gasteiger partial charge in [-0.3, -0.25) is 9.59 Å². The van der Waals surface area contributed by atoms with Gasteiger partial charge < -0.3 is 10.2 Å². The molecule has 25 heavy (non-hydrogen) atoms. The van der Waals surface area contributed by atoms with Crippen LogP contribution in [0.5, 0.6) is 0 Å². The molecule has 0 saturated carbocycles. The topological polar surface area (TPSA) is 49.4 Å². The SMILES string of the molecule is Cc1cccc(C)c1N1C[C@@H](C(=O)Nc2ccc(Br)c(Cl)c2)CC1=O. The van der Waals surface area contributed by atoms with E-state index in [1.54, 1.807) is 23.1 Å². The van der Waals surface area contributed by atoms with Crippen LogP contribution in [0, 0.1) is 19.8 Å². The number of hydrogen-bond donors (Lipinski definition) is 1. The van der Waals surface area contributed by atoms with Crippen LogP contribution in [-0.4, -0.2) is 18.4 Å². The summed E-state index contributed by atoms with van der Waals surface area (Å²) >= 11 is 9.38. The fourth-order valence-electron chi connectivity index (χ4n) is 3.15. The molecule has 2 aromatic carbocycles. The van der Waals surface area contributed by atoms with E-state index in [0.717, 1.165) is 21.3 Å². The number of amides is 2. The number of carbonyl (C=O) groups excluding carboxylic acids is 2. The molecular weight excluding hydrogens is 404 g/mol. The summed E-state index contributed by atoms with van der Waals surface area (Å²) < 4.78 is 0.768. The number of anilines is 2. The van der Waals surface area contributed by atoms with Crippen molar-refractivity contribution in [1.29, 1.82) is 0 Å². The second kappa shape index (κ2) is 7.18. The number of hydrogen-bond acceptors (Lipinski definition) is 2. The molecule has 1 N–H and O–H groups in total. The lowest BCUT2D eigenvalue weighted by molar-refractivity contribution is -0.122. The minimum Gasteiger partial charge on any atom is -0.326 e. The van der Waals surface area contributed by atoms with Gasteiger partial charge in [0.15, 0.2) is 0 Å². The van der Waals surface area contributed by atoms with Gasteiger partial charge in [0.2, 0.25) is 11.8 Å². The highest BCUT2D eigenvalue weighted by molar-refractivity contribution is 9.10. The third-order valence-corrected chi connectivity index (χ3v) is 5.62. The Balaban J connectivity index is 1.75. The monoisotopic (exact) mass is 420 g/mol. The van der Waals surface area contributed by atoms with Crippen LogP contribution in [0.3, 0.4) is 0 Å². The Morgan fingerprint density at radius 3 is 2.56 bits per heavy atom. The largest absolute Gasteiger partial charge is 0.326 e. The average molecular weight is 422 g/mol. The molecule has 4 nitrogen and oxygen atoms in total. The van der Waals surface area contributed by atoms with Crippen LogP contribution in [-0.2, 0) is 9.59 Å². The first-order chi connectivity index (χ1) is 11.9. The van der Waals surface area contributed by atoms with Gasteiger partial charge in [-0.2, -0.15) is 0 Å². The van der Waals surface area contributed by atoms with Crippen molar-refractivity contribution in [2.24, 2.45) is 5.92 Å². The van der Waals surface area contributed by atoms with Gasteiger partial charge in [-0.25, -0.2) is 0 Å². The maximum Gasteiger partial charge on any atom is 0.229 e. The third-order valence-electron chi connectivity index (χ3n) is 4.39. The van der Waals surface area contributed by atoms with Crippen LogP contribution >= 0.6 is 27.5 Å². The van der Waals surface area contributed by atoms with Gasteiger partial charge in [-0.15, -0.1) is 0 Å². The van der Waals surface area contributed by atoms with Crippen molar-refractivity contribution in [2.75, 3.05) is 16.8 Å². The molecule has 6 heteroatoms. The van der Waals surface area contributed by atoms with E-state index in [1.807, 2.05) is 32.0 Å². The number of nitrogens with one attached hydrogen (secondary N) is 1. The van der Waals surface area contributed by atoms with Gasteiger partial charge in [0.05, 0.1) is 10.9 Å². The number of benzene rings is 2. The molecular formula is C19H18BrClN2O2. The Bertz CT molecular complexity index is 833. The molecule has 1 aliphatic heterocycles. The van der Waals surface area contributed by atoms with Crippen molar-refractivity contribution >= 4 is 50.7 Å². The highest BCUT2D eigenvalue weighted by Crippen LogP contribution is 2.32. The lowest BCUT2D eigenvalue weighted by atomic mass is 10.1. The predicted octanol–water partition coefficient (Wildman–Crippen LogP) is 4.71. The van der Waals surface area contributed by atoms with Crippen molar-refractivity contribution in [1.82, 2.24) is 0 Å². The standard InChI is InChI=1S/C19H18BrClN2O2/c1-11-4-3-5-12(2)18(11)23-10-13(8-17(23)24)19(25)22-14-6-7-15(20)16(21)9-14/h3-7,9,13H,8,10H2,1-2H3,(H,22,25)/t13-/m0/s1. The Morgan fingerprint density at radius 2 is 1.92 bits per heavy atom. The Morgan fingerprint density at radius 1 is 1.24 bits per heavy atom. The maximum atomic E-state index is 12.6. The molecule has 2 amide bonds. The molecule has 0 bridgehead atoms. The summed E-state index contributed by atoms with van der Waals surface area (Å²) in [5.74, 6) is -0.569. The molecule has 130 valence electrons. The average Bonchev–Trinajstić information content (AvgIpc) is 2.93. The first kappa shape index (κ1) is 18.0. The zero-order valence-corrected chi connectivity index (χ0v) is 16.3. The normalized spacial score (nSPS) is 17.0. The quantitative estimate of drug-likeness (QED) is 0.780. The molecule has 0 unspecified atom stereocenters. The minimum atomic E-state index is -0.381. The lowest BCUT2D eigenvalue weighted by Gasteiger charge is -2.21. The van der Waals surface area contributed by atoms with E-state index in [0.29, 0.717) is 17.3 Å². The van der Waals surface area contributed by atoms with Gasteiger partial charge >= 0.3 is 0 Å². The third kappa shape index (κ3) is 3.72. The second-order valence-electron chi connectivity index (χ2n) is 6.26. The molecule has 0 spiro atoms. The summed E-state index contributed by atoms with van der Waals surface area (Å²) in [5, 5.41) is 3.38. The zero-order chi connectivity index (χ0) is 18.1. The van der Waals surface area contributed by atoms with Crippen LogP contribution in [0.15, 0.2) is 40.9 Å². The molecule has 0 radical (unpaired) electrons. The fourth-order valence-corrected chi connectivity index (χ4v) is 3.58. The number of nitrogens with zero attached hydrogens (tertiary/aromatic N) is 1. The maximum absolute atomic E-state index is 12.6. The van der Waals surface area contributed by atoms with Crippen LogP contribution in [0.2, 0.25) is 5.02 Å². The molecule has 3 rings (SSSR count). The summed E-state index contributed by atoms with van der Waals surface area (Å²) in [4.78, 5) is 26.7. The number of halogens is 2. The Labute approximate surface area is 160 Å². The summed E-state index contributed by atoms with van der Waals surface area (Å²) in [6, 6.07) is 11.2. The summed E-state index contributed by atoms with van der Waals surface area (Å²) in [6.45, 7) is 4.35. The molecule has 2 aromatic rings. The number of rotatable bonds is 3.